The second-order valence-electron chi connectivity index (χ2n) is 4.86. The van der Waals surface area contributed by atoms with Crippen molar-refractivity contribution in [2.75, 3.05) is 38.5 Å². The van der Waals surface area contributed by atoms with Gasteiger partial charge in [-0.25, -0.2) is 0 Å². The van der Waals surface area contributed by atoms with E-state index in [0.29, 0.717) is 13.1 Å². The number of hydrogen-bond donors (Lipinski definition) is 1. The molecule has 7 heteroatoms. The summed E-state index contributed by atoms with van der Waals surface area (Å²) in [6.07, 6.45) is 2.09. The Morgan fingerprint density at radius 2 is 2.26 bits per heavy atom. The van der Waals surface area contributed by atoms with Crippen LogP contribution in [0.5, 0.6) is 0 Å². The molecule has 1 fully saturated rings. The molecule has 2 rings (SSSR count). The Bertz CT molecular complexity index is 422. The van der Waals surface area contributed by atoms with Gasteiger partial charge in [0.2, 0.25) is 5.91 Å². The van der Waals surface area contributed by atoms with Crippen LogP contribution in [0.4, 0.5) is 5.00 Å². The van der Waals surface area contributed by atoms with Crippen molar-refractivity contribution < 1.29 is 4.79 Å². The summed E-state index contributed by atoms with van der Waals surface area (Å²) in [6.45, 7) is 6.00. The Kier molecular flexibility index (Phi) is 5.09. The number of rotatable bonds is 5. The second-order valence-corrected chi connectivity index (χ2v) is 5.61. The molecular weight excluding hydrogens is 262 g/mol. The maximum absolute atomic E-state index is 11.8. The van der Waals surface area contributed by atoms with E-state index >= 15 is 0 Å². The zero-order chi connectivity index (χ0) is 13.7. The molecule has 6 nitrogen and oxygen atoms in total. The highest BCUT2D eigenvalue weighted by atomic mass is 32.1. The Labute approximate surface area is 117 Å². The predicted octanol–water partition coefficient (Wildman–Crippen LogP) is 1.02. The van der Waals surface area contributed by atoms with Gasteiger partial charge < -0.3 is 10.2 Å². The van der Waals surface area contributed by atoms with Crippen LogP contribution in [0.15, 0.2) is 0 Å². The number of aromatic nitrogens is 2. The van der Waals surface area contributed by atoms with Crippen LogP contribution in [-0.2, 0) is 11.3 Å². The van der Waals surface area contributed by atoms with Gasteiger partial charge in [0.25, 0.3) is 0 Å². The Morgan fingerprint density at radius 3 is 3.05 bits per heavy atom. The first kappa shape index (κ1) is 14.2. The average molecular weight is 283 g/mol. The monoisotopic (exact) mass is 283 g/mol. The molecule has 0 bridgehead atoms. The first-order valence-corrected chi connectivity index (χ1v) is 7.49. The van der Waals surface area contributed by atoms with E-state index in [0.717, 1.165) is 43.2 Å². The quantitative estimate of drug-likeness (QED) is 0.874. The van der Waals surface area contributed by atoms with Crippen molar-refractivity contribution in [3.8, 4) is 0 Å². The number of amides is 1. The lowest BCUT2D eigenvalue weighted by Gasteiger charge is -2.18. The van der Waals surface area contributed by atoms with Gasteiger partial charge in [-0.3, -0.25) is 9.69 Å². The maximum atomic E-state index is 11.8. The molecule has 1 aliphatic rings. The lowest BCUT2D eigenvalue weighted by Crippen LogP contribution is -2.34. The number of nitrogens with one attached hydrogen (secondary N) is 1. The number of carbonyl (C=O) groups is 1. The second kappa shape index (κ2) is 6.81. The van der Waals surface area contributed by atoms with Crippen LogP contribution in [-0.4, -0.2) is 58.5 Å². The van der Waals surface area contributed by atoms with Gasteiger partial charge in [0, 0.05) is 44.8 Å². The molecule has 2 heterocycles. The van der Waals surface area contributed by atoms with Crippen LogP contribution in [0.1, 0.15) is 25.5 Å². The molecule has 0 spiro atoms. The summed E-state index contributed by atoms with van der Waals surface area (Å²) in [5, 5.41) is 8.55. The fourth-order valence-electron chi connectivity index (χ4n) is 2.08. The van der Waals surface area contributed by atoms with Crippen molar-refractivity contribution in [2.45, 2.75) is 26.3 Å². The molecule has 0 unspecified atom stereocenters. The molecule has 1 N–H and O–H groups in total. The minimum Gasteiger partial charge on any atom is -0.374 e. The third-order valence-electron chi connectivity index (χ3n) is 3.22. The average Bonchev–Trinajstić information content (AvgIpc) is 2.76. The number of carbonyl (C=O) groups excluding carboxylic acids is 1. The summed E-state index contributed by atoms with van der Waals surface area (Å²) in [7, 11) is 1.87. The SMILES string of the molecule is CCCNc1snnc1CN1CCCN(C)C(=O)C1. The molecule has 1 saturated heterocycles. The van der Waals surface area contributed by atoms with E-state index in [4.69, 9.17) is 0 Å². The molecule has 1 amide bonds. The van der Waals surface area contributed by atoms with E-state index in [1.54, 1.807) is 4.90 Å². The third kappa shape index (κ3) is 3.87. The van der Waals surface area contributed by atoms with Crippen molar-refractivity contribution in [2.24, 2.45) is 0 Å². The van der Waals surface area contributed by atoms with E-state index in [2.05, 4.69) is 26.7 Å². The summed E-state index contributed by atoms with van der Waals surface area (Å²) in [5.74, 6) is 0.184. The Hall–Kier alpha value is -1.21. The third-order valence-corrected chi connectivity index (χ3v) is 3.94. The lowest BCUT2D eigenvalue weighted by molar-refractivity contribution is -0.130. The van der Waals surface area contributed by atoms with Crippen molar-refractivity contribution >= 4 is 22.4 Å². The number of hydrogen-bond acceptors (Lipinski definition) is 6. The lowest BCUT2D eigenvalue weighted by atomic mass is 10.3. The van der Waals surface area contributed by atoms with Crippen molar-refractivity contribution in [1.29, 1.82) is 0 Å². The molecule has 1 aromatic rings. The highest BCUT2D eigenvalue weighted by Crippen LogP contribution is 2.20. The minimum atomic E-state index is 0.184. The van der Waals surface area contributed by atoms with E-state index in [1.165, 1.54) is 11.5 Å². The van der Waals surface area contributed by atoms with E-state index < -0.39 is 0 Å². The van der Waals surface area contributed by atoms with E-state index in [-0.39, 0.29) is 5.91 Å². The summed E-state index contributed by atoms with van der Waals surface area (Å²) >= 11 is 1.39. The fraction of sp³-hybridized carbons (Fsp3) is 0.750. The Morgan fingerprint density at radius 1 is 1.42 bits per heavy atom. The first-order valence-electron chi connectivity index (χ1n) is 6.72. The highest BCUT2D eigenvalue weighted by molar-refractivity contribution is 7.10. The molecule has 0 saturated carbocycles. The van der Waals surface area contributed by atoms with Crippen LogP contribution < -0.4 is 5.32 Å². The molecule has 106 valence electrons. The summed E-state index contributed by atoms with van der Waals surface area (Å²) in [4.78, 5) is 15.8. The zero-order valence-electron chi connectivity index (χ0n) is 11.6. The van der Waals surface area contributed by atoms with Crippen LogP contribution in [0.2, 0.25) is 0 Å². The molecule has 19 heavy (non-hydrogen) atoms. The zero-order valence-corrected chi connectivity index (χ0v) is 12.4. The number of likely N-dealkylation sites (N-methyl/N-ethyl adjacent to an activating group) is 1. The number of anilines is 1. The van der Waals surface area contributed by atoms with Gasteiger partial charge in [0.05, 0.1) is 6.54 Å². The summed E-state index contributed by atoms with van der Waals surface area (Å²) < 4.78 is 4.01. The van der Waals surface area contributed by atoms with Crippen LogP contribution in [0.3, 0.4) is 0 Å². The van der Waals surface area contributed by atoms with Gasteiger partial charge in [-0.2, -0.15) is 0 Å². The van der Waals surface area contributed by atoms with Crippen molar-refractivity contribution in [3.05, 3.63) is 5.69 Å². The summed E-state index contributed by atoms with van der Waals surface area (Å²) in [5.41, 5.74) is 0.954. The molecule has 1 aromatic heterocycles. The topological polar surface area (TPSA) is 61.4 Å². The fourth-order valence-corrected chi connectivity index (χ4v) is 2.68. The van der Waals surface area contributed by atoms with Crippen molar-refractivity contribution in [3.63, 3.8) is 0 Å². The normalized spacial score (nSPS) is 17.6. The molecule has 0 aromatic carbocycles. The molecule has 0 atom stereocenters. The maximum Gasteiger partial charge on any atom is 0.236 e. The van der Waals surface area contributed by atoms with Crippen LogP contribution >= 0.6 is 11.5 Å². The highest BCUT2D eigenvalue weighted by Gasteiger charge is 2.20. The minimum absolute atomic E-state index is 0.184. The molecular formula is C12H21N5OS. The van der Waals surface area contributed by atoms with Gasteiger partial charge in [-0.15, -0.1) is 5.10 Å². The predicted molar refractivity (Wildman–Crippen MR) is 76.2 cm³/mol. The van der Waals surface area contributed by atoms with Gasteiger partial charge in [0.1, 0.15) is 10.7 Å². The van der Waals surface area contributed by atoms with E-state index in [1.807, 2.05) is 7.05 Å². The first-order chi connectivity index (χ1) is 9.20. The van der Waals surface area contributed by atoms with Gasteiger partial charge in [-0.1, -0.05) is 11.4 Å². The summed E-state index contributed by atoms with van der Waals surface area (Å²) in [6, 6.07) is 0. The molecule has 1 aliphatic heterocycles. The largest absolute Gasteiger partial charge is 0.374 e. The van der Waals surface area contributed by atoms with Crippen LogP contribution in [0, 0.1) is 0 Å². The smallest absolute Gasteiger partial charge is 0.236 e. The molecule has 0 aliphatic carbocycles. The van der Waals surface area contributed by atoms with Gasteiger partial charge in [0.15, 0.2) is 0 Å². The Balaban J connectivity index is 1.96. The van der Waals surface area contributed by atoms with Gasteiger partial charge >= 0.3 is 0 Å². The molecule has 0 radical (unpaired) electrons. The van der Waals surface area contributed by atoms with E-state index in [9.17, 15) is 4.79 Å². The van der Waals surface area contributed by atoms with Gasteiger partial charge in [-0.05, 0) is 12.8 Å². The van der Waals surface area contributed by atoms with Crippen molar-refractivity contribution in [1.82, 2.24) is 19.4 Å². The number of nitrogens with zero attached hydrogens (tertiary/aromatic N) is 4. The standard InChI is InChI=1S/C12H21N5OS/c1-3-5-13-12-10(14-15-19-12)8-17-7-4-6-16(2)11(18)9-17/h13H,3-9H2,1-2H3. The van der Waals surface area contributed by atoms with Crippen LogP contribution in [0.25, 0.3) is 0 Å².